The first-order chi connectivity index (χ1) is 18.9. The molecular weight excluding hydrogens is 601 g/mol. The predicted octanol–water partition coefficient (Wildman–Crippen LogP) is 7.31. The fourth-order valence-electron chi connectivity index (χ4n) is 4.27. The van der Waals surface area contributed by atoms with Crippen LogP contribution in [0.2, 0.25) is 10.0 Å². The van der Waals surface area contributed by atoms with Crippen molar-refractivity contribution in [1.82, 2.24) is 10.3 Å². The topological polar surface area (TPSA) is 80.7 Å². The molecule has 2 aromatic carbocycles. The Morgan fingerprint density at radius 2 is 1.76 bits per heavy atom. The summed E-state index contributed by atoms with van der Waals surface area (Å²) in [5, 5.41) is 12.1. The highest BCUT2D eigenvalue weighted by atomic mass is 35.5. The van der Waals surface area contributed by atoms with Crippen LogP contribution in [0.25, 0.3) is 22.4 Å². The Morgan fingerprint density at radius 3 is 2.34 bits per heavy atom. The van der Waals surface area contributed by atoms with Crippen molar-refractivity contribution in [3.63, 3.8) is 0 Å². The number of amides is 1. The van der Waals surface area contributed by atoms with Crippen LogP contribution >= 0.6 is 23.2 Å². The monoisotopic (exact) mass is 622 g/mol. The number of nitrogens with zero attached hydrogens (tertiary/aromatic N) is 1. The van der Waals surface area contributed by atoms with Crippen molar-refractivity contribution in [3.8, 4) is 34.0 Å². The minimum absolute atomic E-state index is 0.000518. The number of aromatic nitrogens is 1. The van der Waals surface area contributed by atoms with Crippen LogP contribution in [0.3, 0.4) is 0 Å². The van der Waals surface area contributed by atoms with Crippen LogP contribution in [0.15, 0.2) is 48.5 Å². The molecule has 0 radical (unpaired) electrons. The number of rotatable bonds is 6. The SMILES string of the molecule is CC1(C)C[C@@H](NC(=O)[C@H](O)C(F)(F)F)c2cc(-c3ccc(Cl)cc3)c(-c3ccc(OCC(F)(F)F)cc3Cl)nc2O1. The molecule has 220 valence electrons. The maximum atomic E-state index is 13.0. The second-order valence-electron chi connectivity index (χ2n) is 9.90. The molecule has 4 rings (SSSR count). The zero-order chi connectivity index (χ0) is 30.3. The molecule has 0 saturated heterocycles. The van der Waals surface area contributed by atoms with Crippen LogP contribution in [0.1, 0.15) is 31.9 Å². The first-order valence-corrected chi connectivity index (χ1v) is 12.7. The van der Waals surface area contributed by atoms with Gasteiger partial charge < -0.3 is 19.9 Å². The normalized spacial score (nSPS) is 17.3. The van der Waals surface area contributed by atoms with E-state index in [2.05, 4.69) is 10.3 Å². The summed E-state index contributed by atoms with van der Waals surface area (Å²) in [6.45, 7) is 1.77. The minimum atomic E-state index is -5.17. The Hall–Kier alpha value is -3.22. The summed E-state index contributed by atoms with van der Waals surface area (Å²) in [5.41, 5.74) is 0.722. The fourth-order valence-corrected chi connectivity index (χ4v) is 4.66. The van der Waals surface area contributed by atoms with Crippen molar-refractivity contribution in [2.75, 3.05) is 6.61 Å². The average Bonchev–Trinajstić information content (AvgIpc) is 2.85. The second-order valence-corrected chi connectivity index (χ2v) is 10.7. The molecule has 0 spiro atoms. The van der Waals surface area contributed by atoms with Gasteiger partial charge in [-0.25, -0.2) is 4.98 Å². The molecule has 3 aromatic rings. The Kier molecular flexibility index (Phi) is 8.41. The summed E-state index contributed by atoms with van der Waals surface area (Å²) in [7, 11) is 0. The van der Waals surface area contributed by atoms with Crippen molar-refractivity contribution in [2.24, 2.45) is 0 Å². The van der Waals surface area contributed by atoms with Gasteiger partial charge in [-0.2, -0.15) is 26.3 Å². The number of aliphatic hydroxyl groups excluding tert-OH is 1. The third-order valence-electron chi connectivity index (χ3n) is 6.09. The third kappa shape index (κ3) is 7.35. The molecule has 14 heteroatoms. The summed E-state index contributed by atoms with van der Waals surface area (Å²) < 4.78 is 87.6. The van der Waals surface area contributed by atoms with Gasteiger partial charge in [0.05, 0.1) is 16.8 Å². The number of alkyl halides is 6. The lowest BCUT2D eigenvalue weighted by atomic mass is 9.88. The van der Waals surface area contributed by atoms with Gasteiger partial charge in [0.15, 0.2) is 6.61 Å². The van der Waals surface area contributed by atoms with Crippen molar-refractivity contribution >= 4 is 29.1 Å². The number of hydrogen-bond acceptors (Lipinski definition) is 5. The molecule has 0 saturated carbocycles. The van der Waals surface area contributed by atoms with Gasteiger partial charge in [0.1, 0.15) is 11.4 Å². The Morgan fingerprint density at radius 1 is 1.10 bits per heavy atom. The van der Waals surface area contributed by atoms with E-state index in [1.165, 1.54) is 18.2 Å². The van der Waals surface area contributed by atoms with E-state index in [-0.39, 0.29) is 34.3 Å². The standard InChI is InChI=1S/C27H22Cl2F6N2O4/c1-25(2)11-20(36-23(39)22(38)27(33,34)35)18-10-17(13-3-5-14(28)6-4-13)21(37-24(18)41-25)16-8-7-15(9-19(16)29)40-12-26(30,31)32/h3-10,20,22,38H,11-12H2,1-2H3,(H,36,39)/t20-,22+/m1/s1. The molecule has 2 heterocycles. The number of pyridine rings is 1. The number of benzene rings is 2. The van der Waals surface area contributed by atoms with Crippen LogP contribution in [0.4, 0.5) is 26.3 Å². The largest absolute Gasteiger partial charge is 0.484 e. The van der Waals surface area contributed by atoms with E-state index < -0.39 is 42.6 Å². The lowest BCUT2D eigenvalue weighted by Gasteiger charge is -2.38. The predicted molar refractivity (Wildman–Crippen MR) is 139 cm³/mol. The number of ether oxygens (including phenoxy) is 2. The van der Waals surface area contributed by atoms with Crippen LogP contribution in [-0.2, 0) is 4.79 Å². The van der Waals surface area contributed by atoms with Gasteiger partial charge >= 0.3 is 12.4 Å². The minimum Gasteiger partial charge on any atom is -0.484 e. The Labute approximate surface area is 240 Å². The van der Waals surface area contributed by atoms with Crippen LogP contribution in [0.5, 0.6) is 11.6 Å². The highest BCUT2D eigenvalue weighted by Gasteiger charge is 2.45. The van der Waals surface area contributed by atoms with Crippen LogP contribution in [0, 0.1) is 0 Å². The third-order valence-corrected chi connectivity index (χ3v) is 6.65. The smallest absolute Gasteiger partial charge is 0.423 e. The molecule has 41 heavy (non-hydrogen) atoms. The van der Waals surface area contributed by atoms with E-state index in [4.69, 9.17) is 32.7 Å². The molecule has 0 aliphatic carbocycles. The van der Waals surface area contributed by atoms with E-state index in [0.29, 0.717) is 21.7 Å². The van der Waals surface area contributed by atoms with Gasteiger partial charge in [0.25, 0.3) is 5.91 Å². The number of aliphatic hydroxyl groups is 1. The number of carbonyl (C=O) groups excluding carboxylic acids is 1. The fraction of sp³-hybridized carbons (Fsp3) is 0.333. The molecule has 0 unspecified atom stereocenters. The number of hydrogen-bond donors (Lipinski definition) is 2. The van der Waals surface area contributed by atoms with Gasteiger partial charge in [-0.1, -0.05) is 35.3 Å². The molecule has 6 nitrogen and oxygen atoms in total. The van der Waals surface area contributed by atoms with Crippen LogP contribution < -0.4 is 14.8 Å². The van der Waals surface area contributed by atoms with E-state index in [1.807, 2.05) is 0 Å². The second kappa shape index (κ2) is 11.2. The number of fused-ring (bicyclic) bond motifs is 1. The molecule has 1 aliphatic heterocycles. The van der Waals surface area contributed by atoms with Crippen molar-refractivity contribution in [3.05, 3.63) is 64.1 Å². The van der Waals surface area contributed by atoms with Gasteiger partial charge in [0.2, 0.25) is 12.0 Å². The average molecular weight is 623 g/mol. The Balaban J connectivity index is 1.83. The quantitative estimate of drug-likeness (QED) is 0.282. The van der Waals surface area contributed by atoms with Gasteiger partial charge in [-0.3, -0.25) is 4.79 Å². The highest BCUT2D eigenvalue weighted by molar-refractivity contribution is 6.33. The Bertz CT molecular complexity index is 1450. The lowest BCUT2D eigenvalue weighted by Crippen LogP contribution is -2.48. The van der Waals surface area contributed by atoms with E-state index in [1.54, 1.807) is 44.2 Å². The first-order valence-electron chi connectivity index (χ1n) is 12.0. The first kappa shape index (κ1) is 30.7. The molecular formula is C27H22Cl2F6N2O4. The molecule has 0 fully saturated rings. The molecule has 2 atom stereocenters. The van der Waals surface area contributed by atoms with Crippen molar-refractivity contribution in [2.45, 2.75) is 50.4 Å². The number of nitrogens with one attached hydrogen (secondary N) is 1. The summed E-state index contributed by atoms with van der Waals surface area (Å²) in [4.78, 5) is 16.9. The molecule has 1 amide bonds. The van der Waals surface area contributed by atoms with E-state index in [9.17, 15) is 36.2 Å². The van der Waals surface area contributed by atoms with Crippen LogP contribution in [-0.4, -0.2) is 46.7 Å². The van der Waals surface area contributed by atoms with E-state index in [0.717, 1.165) is 0 Å². The lowest BCUT2D eigenvalue weighted by molar-refractivity contribution is -0.205. The van der Waals surface area contributed by atoms with Crippen molar-refractivity contribution in [1.29, 1.82) is 0 Å². The van der Waals surface area contributed by atoms with Gasteiger partial charge in [-0.15, -0.1) is 0 Å². The summed E-state index contributed by atoms with van der Waals surface area (Å²) in [6.07, 6.45) is -12.9. The summed E-state index contributed by atoms with van der Waals surface area (Å²) >= 11 is 12.5. The van der Waals surface area contributed by atoms with E-state index >= 15 is 0 Å². The number of carbonyl (C=O) groups is 1. The summed E-state index contributed by atoms with van der Waals surface area (Å²) in [6, 6.07) is 10.9. The molecule has 1 aliphatic rings. The van der Waals surface area contributed by atoms with Gasteiger partial charge in [-0.05, 0) is 55.8 Å². The zero-order valence-corrected chi connectivity index (χ0v) is 22.8. The number of halogens is 8. The van der Waals surface area contributed by atoms with Gasteiger partial charge in [0, 0.05) is 28.1 Å². The zero-order valence-electron chi connectivity index (χ0n) is 21.3. The molecule has 1 aromatic heterocycles. The summed E-state index contributed by atoms with van der Waals surface area (Å²) in [5.74, 6) is -1.79. The molecule has 0 bridgehead atoms. The maximum Gasteiger partial charge on any atom is 0.423 e. The maximum absolute atomic E-state index is 13.0. The highest BCUT2D eigenvalue weighted by Crippen LogP contribution is 2.45. The van der Waals surface area contributed by atoms with Crippen molar-refractivity contribution < 1.29 is 45.7 Å². The molecule has 2 N–H and O–H groups in total.